The molecule has 0 spiro atoms. The summed E-state index contributed by atoms with van der Waals surface area (Å²) in [4.78, 5) is 9.52. The minimum atomic E-state index is 0.586. The molecule has 0 saturated heterocycles. The standard InChI is InChI=1S/C16H18BrN3/c1-9-5-4-6-10(2)12(9)15-19-14(11-7-8-11)13(17)16(18-3)20-15/h4-6,11H,7-8H2,1-3H3,(H,18,19,20). The zero-order valence-electron chi connectivity index (χ0n) is 12.0. The molecule has 104 valence electrons. The average molecular weight is 332 g/mol. The van der Waals surface area contributed by atoms with Crippen LogP contribution in [0.3, 0.4) is 0 Å². The van der Waals surface area contributed by atoms with E-state index in [0.717, 1.165) is 27.4 Å². The molecule has 1 aromatic heterocycles. The van der Waals surface area contributed by atoms with Crippen LogP contribution in [0.2, 0.25) is 0 Å². The molecule has 0 aliphatic heterocycles. The van der Waals surface area contributed by atoms with Gasteiger partial charge in [0.15, 0.2) is 5.82 Å². The average Bonchev–Trinajstić information content (AvgIpc) is 3.24. The monoisotopic (exact) mass is 331 g/mol. The zero-order valence-corrected chi connectivity index (χ0v) is 13.6. The highest BCUT2D eigenvalue weighted by Crippen LogP contribution is 2.44. The Hall–Kier alpha value is -1.42. The zero-order chi connectivity index (χ0) is 14.3. The van der Waals surface area contributed by atoms with Gasteiger partial charge in [-0.15, -0.1) is 0 Å². The van der Waals surface area contributed by atoms with E-state index in [9.17, 15) is 0 Å². The van der Waals surface area contributed by atoms with Gasteiger partial charge < -0.3 is 5.32 Å². The molecule has 1 N–H and O–H groups in total. The molecule has 0 amide bonds. The lowest BCUT2D eigenvalue weighted by Gasteiger charge is -2.13. The number of nitrogens with zero attached hydrogens (tertiary/aromatic N) is 2. The van der Waals surface area contributed by atoms with Crippen molar-refractivity contribution in [1.29, 1.82) is 0 Å². The van der Waals surface area contributed by atoms with Crippen LogP contribution in [0, 0.1) is 13.8 Å². The fourth-order valence-corrected chi connectivity index (χ4v) is 3.24. The van der Waals surface area contributed by atoms with E-state index < -0.39 is 0 Å². The summed E-state index contributed by atoms with van der Waals surface area (Å²) >= 11 is 3.64. The maximum atomic E-state index is 4.84. The van der Waals surface area contributed by atoms with E-state index in [2.05, 4.69) is 58.3 Å². The van der Waals surface area contributed by atoms with Crippen LogP contribution in [0.15, 0.2) is 22.7 Å². The Labute approximate surface area is 128 Å². The second-order valence-electron chi connectivity index (χ2n) is 5.39. The van der Waals surface area contributed by atoms with E-state index in [-0.39, 0.29) is 0 Å². The van der Waals surface area contributed by atoms with Gasteiger partial charge in [0.1, 0.15) is 5.82 Å². The van der Waals surface area contributed by atoms with Crippen LogP contribution in [0.4, 0.5) is 5.82 Å². The molecule has 1 saturated carbocycles. The summed E-state index contributed by atoms with van der Waals surface area (Å²) in [7, 11) is 1.90. The van der Waals surface area contributed by atoms with Gasteiger partial charge in [-0.1, -0.05) is 18.2 Å². The molecule has 1 aliphatic rings. The van der Waals surface area contributed by atoms with E-state index >= 15 is 0 Å². The van der Waals surface area contributed by atoms with Gasteiger partial charge in [-0.2, -0.15) is 0 Å². The first-order valence-electron chi connectivity index (χ1n) is 6.93. The molecule has 1 aromatic carbocycles. The maximum Gasteiger partial charge on any atom is 0.162 e. The van der Waals surface area contributed by atoms with Gasteiger partial charge in [0, 0.05) is 18.5 Å². The molecule has 2 aromatic rings. The lowest BCUT2D eigenvalue weighted by molar-refractivity contribution is 0.977. The number of hydrogen-bond acceptors (Lipinski definition) is 3. The van der Waals surface area contributed by atoms with Gasteiger partial charge in [-0.25, -0.2) is 9.97 Å². The third kappa shape index (κ3) is 2.33. The number of aromatic nitrogens is 2. The van der Waals surface area contributed by atoms with Gasteiger partial charge in [0.05, 0.1) is 10.2 Å². The van der Waals surface area contributed by atoms with Crippen molar-refractivity contribution in [2.24, 2.45) is 0 Å². The van der Waals surface area contributed by atoms with E-state index in [4.69, 9.17) is 4.98 Å². The number of nitrogens with one attached hydrogen (secondary N) is 1. The van der Waals surface area contributed by atoms with Gasteiger partial charge in [0.25, 0.3) is 0 Å². The van der Waals surface area contributed by atoms with Gasteiger partial charge in [0.2, 0.25) is 0 Å². The van der Waals surface area contributed by atoms with Crippen LogP contribution in [0.25, 0.3) is 11.4 Å². The summed E-state index contributed by atoms with van der Waals surface area (Å²) in [5.41, 5.74) is 4.73. The Bertz CT molecular complexity index is 643. The Balaban J connectivity index is 2.21. The molecule has 0 atom stereocenters. The van der Waals surface area contributed by atoms with Crippen LogP contribution < -0.4 is 5.32 Å². The molecular weight excluding hydrogens is 314 g/mol. The predicted molar refractivity (Wildman–Crippen MR) is 86.2 cm³/mol. The van der Waals surface area contributed by atoms with Gasteiger partial charge in [-0.05, 0) is 53.7 Å². The van der Waals surface area contributed by atoms with Gasteiger partial charge >= 0.3 is 0 Å². The number of aryl methyl sites for hydroxylation is 2. The van der Waals surface area contributed by atoms with Crippen LogP contribution in [0.1, 0.15) is 35.6 Å². The SMILES string of the molecule is CNc1nc(-c2c(C)cccc2C)nc(C2CC2)c1Br. The number of rotatable bonds is 3. The van der Waals surface area contributed by atoms with E-state index in [0.29, 0.717) is 5.92 Å². The molecule has 0 unspecified atom stereocenters. The van der Waals surface area contributed by atoms with Gasteiger partial charge in [-0.3, -0.25) is 0 Å². The van der Waals surface area contributed by atoms with Crippen molar-refractivity contribution in [3.05, 3.63) is 39.5 Å². The van der Waals surface area contributed by atoms with Crippen molar-refractivity contribution >= 4 is 21.7 Å². The number of anilines is 1. The number of halogens is 1. The fraction of sp³-hybridized carbons (Fsp3) is 0.375. The van der Waals surface area contributed by atoms with Crippen molar-refractivity contribution < 1.29 is 0 Å². The molecule has 3 rings (SSSR count). The molecule has 1 heterocycles. The summed E-state index contributed by atoms with van der Waals surface area (Å²) < 4.78 is 1.01. The fourth-order valence-electron chi connectivity index (χ4n) is 2.54. The lowest BCUT2D eigenvalue weighted by Crippen LogP contribution is -2.04. The summed E-state index contributed by atoms with van der Waals surface area (Å²) in [6, 6.07) is 6.31. The Morgan fingerprint density at radius 2 is 1.80 bits per heavy atom. The molecule has 20 heavy (non-hydrogen) atoms. The van der Waals surface area contributed by atoms with Crippen LogP contribution in [0.5, 0.6) is 0 Å². The van der Waals surface area contributed by atoms with Crippen LogP contribution in [-0.4, -0.2) is 17.0 Å². The molecule has 1 fully saturated rings. The summed E-state index contributed by atoms with van der Waals surface area (Å²) in [6.45, 7) is 4.23. The first kappa shape index (κ1) is 13.6. The smallest absolute Gasteiger partial charge is 0.162 e. The summed E-state index contributed by atoms with van der Waals surface area (Å²) in [6.07, 6.45) is 2.45. The third-order valence-corrected chi connectivity index (χ3v) is 4.56. The van der Waals surface area contributed by atoms with E-state index in [1.165, 1.54) is 24.0 Å². The maximum absolute atomic E-state index is 4.84. The summed E-state index contributed by atoms with van der Waals surface area (Å²) in [5, 5.41) is 3.17. The second kappa shape index (κ2) is 5.17. The largest absolute Gasteiger partial charge is 0.372 e. The second-order valence-corrected chi connectivity index (χ2v) is 6.18. The molecule has 0 radical (unpaired) electrons. The quantitative estimate of drug-likeness (QED) is 0.903. The van der Waals surface area contributed by atoms with Crippen molar-refractivity contribution in [1.82, 2.24) is 9.97 Å². The summed E-state index contributed by atoms with van der Waals surface area (Å²) in [5.74, 6) is 2.29. The predicted octanol–water partition coefficient (Wildman–Crippen LogP) is 4.44. The number of benzene rings is 1. The van der Waals surface area contributed by atoms with Crippen LogP contribution >= 0.6 is 15.9 Å². The van der Waals surface area contributed by atoms with Crippen molar-refractivity contribution in [2.75, 3.05) is 12.4 Å². The van der Waals surface area contributed by atoms with Crippen molar-refractivity contribution in [3.8, 4) is 11.4 Å². The van der Waals surface area contributed by atoms with E-state index in [1.54, 1.807) is 0 Å². The molecular formula is C16H18BrN3. The Morgan fingerprint density at radius 1 is 1.15 bits per heavy atom. The minimum Gasteiger partial charge on any atom is -0.372 e. The highest BCUT2D eigenvalue weighted by atomic mass is 79.9. The van der Waals surface area contributed by atoms with Crippen molar-refractivity contribution in [3.63, 3.8) is 0 Å². The lowest BCUT2D eigenvalue weighted by atomic mass is 10.0. The van der Waals surface area contributed by atoms with Crippen LogP contribution in [-0.2, 0) is 0 Å². The number of hydrogen-bond donors (Lipinski definition) is 1. The molecule has 4 heteroatoms. The van der Waals surface area contributed by atoms with E-state index in [1.807, 2.05) is 7.05 Å². The Morgan fingerprint density at radius 3 is 2.35 bits per heavy atom. The first-order valence-corrected chi connectivity index (χ1v) is 7.73. The molecule has 1 aliphatic carbocycles. The molecule has 3 nitrogen and oxygen atoms in total. The van der Waals surface area contributed by atoms with Crippen molar-refractivity contribution in [2.45, 2.75) is 32.6 Å². The Kier molecular flexibility index (Phi) is 3.50. The first-order chi connectivity index (χ1) is 9.61. The normalized spacial score (nSPS) is 14.4. The minimum absolute atomic E-state index is 0.586. The highest BCUT2D eigenvalue weighted by Gasteiger charge is 2.29. The highest BCUT2D eigenvalue weighted by molar-refractivity contribution is 9.10. The third-order valence-electron chi connectivity index (χ3n) is 3.78. The topological polar surface area (TPSA) is 37.8 Å². The molecule has 0 bridgehead atoms.